The summed E-state index contributed by atoms with van der Waals surface area (Å²) < 4.78 is 5.17. The van der Waals surface area contributed by atoms with E-state index in [9.17, 15) is 4.79 Å². The summed E-state index contributed by atoms with van der Waals surface area (Å²) in [6.45, 7) is 5.14. The molecular weight excluding hydrogens is 216 g/mol. The van der Waals surface area contributed by atoms with Gasteiger partial charge in [0.05, 0.1) is 6.04 Å². The Morgan fingerprint density at radius 3 is 3.00 bits per heavy atom. The van der Waals surface area contributed by atoms with Crippen LogP contribution in [-0.4, -0.2) is 38.3 Å². The lowest BCUT2D eigenvalue weighted by Crippen LogP contribution is -2.40. The number of hydrogen-bond acceptors (Lipinski definition) is 3. The fourth-order valence-corrected chi connectivity index (χ4v) is 1.56. The van der Waals surface area contributed by atoms with Crippen LogP contribution in [0.2, 0.25) is 0 Å². The summed E-state index contributed by atoms with van der Waals surface area (Å²) in [7, 11) is 0. The smallest absolute Gasteiger partial charge is 0.237 e. The van der Waals surface area contributed by atoms with Gasteiger partial charge in [0.2, 0.25) is 5.91 Å². The van der Waals surface area contributed by atoms with Gasteiger partial charge in [-0.1, -0.05) is 0 Å². The first kappa shape index (κ1) is 14.7. The quantitative estimate of drug-likeness (QED) is 0.668. The first-order valence-corrected chi connectivity index (χ1v) is 5.43. The van der Waals surface area contributed by atoms with Crippen LogP contribution in [0.4, 0.5) is 0 Å². The lowest BCUT2D eigenvalue weighted by atomic mass is 10.2. The third-order valence-electron chi connectivity index (χ3n) is 2.35. The Labute approximate surface area is 97.5 Å². The predicted molar refractivity (Wildman–Crippen MR) is 62.4 cm³/mol. The molecule has 0 saturated carbocycles. The zero-order valence-corrected chi connectivity index (χ0v) is 10.1. The van der Waals surface area contributed by atoms with Crippen LogP contribution in [0.15, 0.2) is 0 Å². The molecule has 0 aromatic carbocycles. The minimum Gasteiger partial charge on any atom is -0.382 e. The van der Waals surface area contributed by atoms with E-state index in [2.05, 4.69) is 10.6 Å². The van der Waals surface area contributed by atoms with E-state index in [1.807, 2.05) is 6.92 Å². The van der Waals surface area contributed by atoms with Gasteiger partial charge < -0.3 is 15.4 Å². The maximum Gasteiger partial charge on any atom is 0.237 e. The molecule has 0 aromatic rings. The Morgan fingerprint density at radius 2 is 2.40 bits per heavy atom. The van der Waals surface area contributed by atoms with Crippen molar-refractivity contribution in [1.82, 2.24) is 10.6 Å². The van der Waals surface area contributed by atoms with Gasteiger partial charge in [-0.15, -0.1) is 12.4 Å². The molecule has 2 N–H and O–H groups in total. The van der Waals surface area contributed by atoms with Crippen molar-refractivity contribution in [2.45, 2.75) is 32.2 Å². The Balaban J connectivity index is 0.00000196. The van der Waals surface area contributed by atoms with E-state index in [0.29, 0.717) is 0 Å². The monoisotopic (exact) mass is 236 g/mol. The molecule has 1 aliphatic heterocycles. The third kappa shape index (κ3) is 5.97. The molecule has 1 heterocycles. The van der Waals surface area contributed by atoms with Gasteiger partial charge in [0.15, 0.2) is 0 Å². The standard InChI is InChI=1S/C10H20N2O2.ClH/c1-2-14-8-4-7-12-10(13)9-5-3-6-11-9;/h9,11H,2-8H2,1H3,(H,12,13);1H. The maximum atomic E-state index is 11.5. The normalized spacial score (nSPS) is 19.7. The largest absolute Gasteiger partial charge is 0.382 e. The van der Waals surface area contributed by atoms with Gasteiger partial charge in [0, 0.05) is 19.8 Å². The number of carbonyl (C=O) groups excluding carboxylic acids is 1. The zero-order chi connectivity index (χ0) is 10.2. The van der Waals surface area contributed by atoms with Gasteiger partial charge in [0.25, 0.3) is 0 Å². The van der Waals surface area contributed by atoms with Crippen LogP contribution in [0.3, 0.4) is 0 Å². The molecule has 0 aliphatic carbocycles. The predicted octanol–water partition coefficient (Wildman–Crippen LogP) is 0.703. The minimum atomic E-state index is 0. The van der Waals surface area contributed by atoms with Gasteiger partial charge in [-0.25, -0.2) is 0 Å². The number of rotatable bonds is 6. The van der Waals surface area contributed by atoms with Crippen LogP contribution in [-0.2, 0) is 9.53 Å². The fraction of sp³-hybridized carbons (Fsp3) is 0.900. The summed E-state index contributed by atoms with van der Waals surface area (Å²) in [6.07, 6.45) is 2.97. The molecule has 0 radical (unpaired) electrons. The summed E-state index contributed by atoms with van der Waals surface area (Å²) in [5.41, 5.74) is 0. The number of carbonyl (C=O) groups is 1. The molecule has 1 rings (SSSR count). The van der Waals surface area contributed by atoms with E-state index in [4.69, 9.17) is 4.74 Å². The summed E-state index contributed by atoms with van der Waals surface area (Å²) in [6, 6.07) is 0.0436. The van der Waals surface area contributed by atoms with Crippen molar-refractivity contribution in [3.05, 3.63) is 0 Å². The number of ether oxygens (including phenoxy) is 1. The highest BCUT2D eigenvalue weighted by Gasteiger charge is 2.20. The van der Waals surface area contributed by atoms with E-state index in [1.165, 1.54) is 0 Å². The molecule has 1 fully saturated rings. The zero-order valence-electron chi connectivity index (χ0n) is 9.25. The van der Waals surface area contributed by atoms with Crippen molar-refractivity contribution < 1.29 is 9.53 Å². The molecular formula is C10H21ClN2O2. The number of amides is 1. The van der Waals surface area contributed by atoms with E-state index >= 15 is 0 Å². The average Bonchev–Trinajstić information content (AvgIpc) is 2.70. The molecule has 1 saturated heterocycles. The van der Waals surface area contributed by atoms with Crippen molar-refractivity contribution in [1.29, 1.82) is 0 Å². The van der Waals surface area contributed by atoms with Crippen molar-refractivity contribution in [3.8, 4) is 0 Å². The summed E-state index contributed by atoms with van der Waals surface area (Å²) in [4.78, 5) is 11.5. The van der Waals surface area contributed by atoms with Gasteiger partial charge in [-0.05, 0) is 32.7 Å². The van der Waals surface area contributed by atoms with Crippen molar-refractivity contribution >= 4 is 18.3 Å². The van der Waals surface area contributed by atoms with E-state index in [0.717, 1.165) is 45.6 Å². The summed E-state index contributed by atoms with van der Waals surface area (Å²) in [5.74, 6) is 0.138. The molecule has 1 unspecified atom stereocenters. The van der Waals surface area contributed by atoms with E-state index in [1.54, 1.807) is 0 Å². The fourth-order valence-electron chi connectivity index (χ4n) is 1.56. The second-order valence-electron chi connectivity index (χ2n) is 3.49. The number of hydrogen-bond donors (Lipinski definition) is 2. The van der Waals surface area contributed by atoms with Crippen molar-refractivity contribution in [3.63, 3.8) is 0 Å². The van der Waals surface area contributed by atoms with Crippen molar-refractivity contribution in [2.24, 2.45) is 0 Å². The van der Waals surface area contributed by atoms with Gasteiger partial charge in [-0.2, -0.15) is 0 Å². The number of halogens is 1. The first-order valence-electron chi connectivity index (χ1n) is 5.43. The summed E-state index contributed by atoms with van der Waals surface area (Å²) in [5, 5.41) is 6.07. The van der Waals surface area contributed by atoms with Crippen molar-refractivity contribution in [2.75, 3.05) is 26.3 Å². The Morgan fingerprint density at radius 1 is 1.60 bits per heavy atom. The lowest BCUT2D eigenvalue weighted by molar-refractivity contribution is -0.122. The second kappa shape index (κ2) is 8.95. The molecule has 4 nitrogen and oxygen atoms in total. The van der Waals surface area contributed by atoms with Crippen LogP contribution in [0.1, 0.15) is 26.2 Å². The van der Waals surface area contributed by atoms with E-state index in [-0.39, 0.29) is 24.4 Å². The molecule has 1 amide bonds. The van der Waals surface area contributed by atoms with Crippen LogP contribution in [0.5, 0.6) is 0 Å². The van der Waals surface area contributed by atoms with Crippen LogP contribution in [0, 0.1) is 0 Å². The Hall–Kier alpha value is -0.320. The maximum absolute atomic E-state index is 11.5. The number of nitrogens with one attached hydrogen (secondary N) is 2. The summed E-state index contributed by atoms with van der Waals surface area (Å²) >= 11 is 0. The molecule has 1 atom stereocenters. The highest BCUT2D eigenvalue weighted by atomic mass is 35.5. The molecule has 5 heteroatoms. The third-order valence-corrected chi connectivity index (χ3v) is 2.35. The molecule has 15 heavy (non-hydrogen) atoms. The molecule has 0 aromatic heterocycles. The van der Waals surface area contributed by atoms with E-state index < -0.39 is 0 Å². The van der Waals surface area contributed by atoms with Crippen LogP contribution >= 0.6 is 12.4 Å². The Bertz CT molecular complexity index is 173. The molecule has 90 valence electrons. The molecule has 1 aliphatic rings. The van der Waals surface area contributed by atoms with Crippen LogP contribution in [0.25, 0.3) is 0 Å². The highest BCUT2D eigenvalue weighted by molar-refractivity contribution is 5.85. The van der Waals surface area contributed by atoms with Gasteiger partial charge >= 0.3 is 0 Å². The minimum absolute atomic E-state index is 0. The topological polar surface area (TPSA) is 50.4 Å². The van der Waals surface area contributed by atoms with Gasteiger partial charge in [-0.3, -0.25) is 4.79 Å². The second-order valence-corrected chi connectivity index (χ2v) is 3.49. The highest BCUT2D eigenvalue weighted by Crippen LogP contribution is 2.04. The lowest BCUT2D eigenvalue weighted by Gasteiger charge is -2.10. The molecule has 0 spiro atoms. The van der Waals surface area contributed by atoms with Crippen LogP contribution < -0.4 is 10.6 Å². The molecule has 0 bridgehead atoms. The first-order chi connectivity index (χ1) is 6.84. The van der Waals surface area contributed by atoms with Gasteiger partial charge in [0.1, 0.15) is 0 Å². The Kier molecular flexibility index (Phi) is 8.76. The SMILES string of the molecule is CCOCCCNC(=O)C1CCCN1.Cl. The average molecular weight is 237 g/mol.